The van der Waals surface area contributed by atoms with Gasteiger partial charge in [0.05, 0.1) is 12.7 Å². The maximum absolute atomic E-state index is 10.4. The molecule has 1 saturated heterocycles. The van der Waals surface area contributed by atoms with Crippen molar-refractivity contribution in [1.82, 2.24) is 19.7 Å². The molecular formula is C16H21ClN4O2. The first-order chi connectivity index (χ1) is 11.2. The van der Waals surface area contributed by atoms with Gasteiger partial charge in [0.2, 0.25) is 0 Å². The summed E-state index contributed by atoms with van der Waals surface area (Å²) in [5.41, 5.74) is 0.831. The van der Waals surface area contributed by atoms with Gasteiger partial charge >= 0.3 is 0 Å². The fourth-order valence-electron chi connectivity index (χ4n) is 2.85. The van der Waals surface area contributed by atoms with Crippen LogP contribution in [0.4, 0.5) is 0 Å². The van der Waals surface area contributed by atoms with Crippen LogP contribution in [0, 0.1) is 0 Å². The van der Waals surface area contributed by atoms with Gasteiger partial charge in [-0.1, -0.05) is 23.7 Å². The van der Waals surface area contributed by atoms with E-state index in [1.807, 2.05) is 16.7 Å². The first-order valence-corrected chi connectivity index (χ1v) is 8.20. The first-order valence-electron chi connectivity index (χ1n) is 7.82. The smallest absolute Gasteiger partial charge is 0.163 e. The normalized spacial score (nSPS) is 20.6. The van der Waals surface area contributed by atoms with E-state index in [-0.39, 0.29) is 6.10 Å². The third kappa shape index (κ3) is 3.90. The van der Waals surface area contributed by atoms with Gasteiger partial charge in [-0.2, -0.15) is 0 Å². The molecule has 0 aliphatic carbocycles. The molecule has 7 heteroatoms. The molecule has 1 N–H and O–H groups in total. The number of halogens is 1. The number of morpholine rings is 1. The van der Waals surface area contributed by atoms with Crippen molar-refractivity contribution in [1.29, 1.82) is 0 Å². The maximum Gasteiger partial charge on any atom is 0.163 e. The number of aliphatic hydroxyl groups is 1. The van der Waals surface area contributed by atoms with Crippen molar-refractivity contribution in [2.45, 2.75) is 25.7 Å². The molecule has 3 rings (SSSR count). The van der Waals surface area contributed by atoms with Crippen molar-refractivity contribution in [2.24, 2.45) is 0 Å². The van der Waals surface area contributed by atoms with Crippen LogP contribution in [0.5, 0.6) is 0 Å². The molecule has 1 aliphatic heterocycles. The minimum absolute atomic E-state index is 0.113. The van der Waals surface area contributed by atoms with Gasteiger partial charge in [0.1, 0.15) is 12.4 Å². The lowest BCUT2D eigenvalue weighted by atomic mass is 10.1. The number of ether oxygens (including phenoxy) is 1. The molecule has 0 radical (unpaired) electrons. The van der Waals surface area contributed by atoms with Gasteiger partial charge in [-0.05, 0) is 24.6 Å². The summed E-state index contributed by atoms with van der Waals surface area (Å²) in [5, 5.41) is 19.2. The molecule has 1 aromatic heterocycles. The Bertz CT molecular complexity index is 649. The standard InChI is InChI=1S/C16H21ClN4O2/c1-2-21-11-18-19-16(21)15-10-20(6-7-23-15)9-14(22)12-4-3-5-13(17)8-12/h3-5,8,11,14-15,22H,2,6-7,9-10H2,1H3. The van der Waals surface area contributed by atoms with Gasteiger partial charge in [0.15, 0.2) is 5.82 Å². The average molecular weight is 337 g/mol. The summed E-state index contributed by atoms with van der Waals surface area (Å²) in [4.78, 5) is 2.19. The highest BCUT2D eigenvalue weighted by atomic mass is 35.5. The van der Waals surface area contributed by atoms with E-state index >= 15 is 0 Å². The molecule has 0 spiro atoms. The molecular weight excluding hydrogens is 316 g/mol. The van der Waals surface area contributed by atoms with Crippen LogP contribution in [0.15, 0.2) is 30.6 Å². The highest BCUT2D eigenvalue weighted by Gasteiger charge is 2.27. The SMILES string of the molecule is CCn1cnnc1C1CN(CC(O)c2cccc(Cl)c2)CCO1. The van der Waals surface area contributed by atoms with E-state index < -0.39 is 6.10 Å². The zero-order valence-corrected chi connectivity index (χ0v) is 13.9. The van der Waals surface area contributed by atoms with E-state index in [4.69, 9.17) is 16.3 Å². The molecule has 1 aromatic carbocycles. The number of rotatable bonds is 5. The lowest BCUT2D eigenvalue weighted by Crippen LogP contribution is -2.41. The molecule has 0 bridgehead atoms. The fourth-order valence-corrected chi connectivity index (χ4v) is 3.04. The molecule has 1 aliphatic rings. The summed E-state index contributed by atoms with van der Waals surface area (Å²) in [6, 6.07) is 7.35. The third-order valence-corrected chi connectivity index (χ3v) is 4.32. The van der Waals surface area contributed by atoms with Crippen molar-refractivity contribution in [3.05, 3.63) is 47.0 Å². The molecule has 0 amide bonds. The number of benzene rings is 1. The van der Waals surface area contributed by atoms with Gasteiger partial charge in [-0.3, -0.25) is 4.90 Å². The molecule has 2 aromatic rings. The highest BCUT2D eigenvalue weighted by molar-refractivity contribution is 6.30. The van der Waals surface area contributed by atoms with Gasteiger partial charge in [0.25, 0.3) is 0 Å². The van der Waals surface area contributed by atoms with E-state index in [0.717, 1.165) is 24.5 Å². The Hall–Kier alpha value is -1.47. The largest absolute Gasteiger partial charge is 0.387 e. The Balaban J connectivity index is 1.65. The van der Waals surface area contributed by atoms with Gasteiger partial charge < -0.3 is 14.4 Å². The summed E-state index contributed by atoms with van der Waals surface area (Å²) >= 11 is 5.99. The van der Waals surface area contributed by atoms with Crippen LogP contribution >= 0.6 is 11.6 Å². The molecule has 124 valence electrons. The lowest BCUT2D eigenvalue weighted by Gasteiger charge is -2.33. The second kappa shape index (κ2) is 7.40. The van der Waals surface area contributed by atoms with Crippen LogP contribution in [0.3, 0.4) is 0 Å². The van der Waals surface area contributed by atoms with E-state index in [2.05, 4.69) is 22.0 Å². The predicted octanol–water partition coefficient (Wildman–Crippen LogP) is 2.06. The van der Waals surface area contributed by atoms with Gasteiger partial charge in [0, 0.05) is 31.2 Å². The number of aliphatic hydroxyl groups excluding tert-OH is 1. The fraction of sp³-hybridized carbons (Fsp3) is 0.500. The van der Waals surface area contributed by atoms with Crippen molar-refractivity contribution in [3.63, 3.8) is 0 Å². The average Bonchev–Trinajstić information content (AvgIpc) is 3.04. The van der Waals surface area contributed by atoms with E-state index in [1.165, 1.54) is 0 Å². The minimum atomic E-state index is -0.573. The zero-order chi connectivity index (χ0) is 16.2. The van der Waals surface area contributed by atoms with Crippen molar-refractivity contribution in [2.75, 3.05) is 26.2 Å². The monoisotopic (exact) mass is 336 g/mol. The summed E-state index contributed by atoms with van der Waals surface area (Å²) < 4.78 is 7.82. The number of aromatic nitrogens is 3. The van der Waals surface area contributed by atoms with E-state index in [0.29, 0.717) is 24.7 Å². The molecule has 0 saturated carbocycles. The molecule has 23 heavy (non-hydrogen) atoms. The Morgan fingerprint density at radius 2 is 2.35 bits per heavy atom. The number of nitrogens with zero attached hydrogens (tertiary/aromatic N) is 4. The number of β-amino-alcohol motifs (C(OH)–C–C–N with tert-alkyl or cyclic N) is 1. The van der Waals surface area contributed by atoms with Gasteiger partial charge in [-0.25, -0.2) is 0 Å². The lowest BCUT2D eigenvalue weighted by molar-refractivity contribution is -0.0476. The maximum atomic E-state index is 10.4. The van der Waals surface area contributed by atoms with Crippen LogP contribution in [0.25, 0.3) is 0 Å². The molecule has 1 fully saturated rings. The van der Waals surface area contributed by atoms with Crippen LogP contribution in [-0.2, 0) is 11.3 Å². The number of hydrogen-bond donors (Lipinski definition) is 1. The summed E-state index contributed by atoms with van der Waals surface area (Å²) in [5.74, 6) is 0.842. The van der Waals surface area contributed by atoms with Crippen molar-refractivity contribution >= 4 is 11.6 Å². The Kier molecular flexibility index (Phi) is 5.27. The van der Waals surface area contributed by atoms with Crippen LogP contribution in [0.1, 0.15) is 30.5 Å². The second-order valence-electron chi connectivity index (χ2n) is 5.66. The summed E-state index contributed by atoms with van der Waals surface area (Å²) in [7, 11) is 0. The molecule has 2 unspecified atom stereocenters. The molecule has 2 heterocycles. The van der Waals surface area contributed by atoms with Crippen molar-refractivity contribution < 1.29 is 9.84 Å². The summed E-state index contributed by atoms with van der Waals surface area (Å²) in [6.45, 7) is 5.50. The zero-order valence-electron chi connectivity index (χ0n) is 13.1. The topological polar surface area (TPSA) is 63.4 Å². The molecule has 2 atom stereocenters. The second-order valence-corrected chi connectivity index (χ2v) is 6.10. The minimum Gasteiger partial charge on any atom is -0.387 e. The van der Waals surface area contributed by atoms with E-state index in [1.54, 1.807) is 18.5 Å². The van der Waals surface area contributed by atoms with Crippen LogP contribution in [-0.4, -0.2) is 51.0 Å². The van der Waals surface area contributed by atoms with Crippen LogP contribution < -0.4 is 0 Å². The quantitative estimate of drug-likeness (QED) is 0.905. The predicted molar refractivity (Wildman–Crippen MR) is 87.2 cm³/mol. The Morgan fingerprint density at radius 3 is 3.13 bits per heavy atom. The summed E-state index contributed by atoms with van der Waals surface area (Å²) in [6.07, 6.45) is 1.03. The Morgan fingerprint density at radius 1 is 1.48 bits per heavy atom. The van der Waals surface area contributed by atoms with Crippen LogP contribution in [0.2, 0.25) is 5.02 Å². The Labute approximate surface area is 140 Å². The highest BCUT2D eigenvalue weighted by Crippen LogP contribution is 2.23. The van der Waals surface area contributed by atoms with Gasteiger partial charge in [-0.15, -0.1) is 10.2 Å². The third-order valence-electron chi connectivity index (χ3n) is 4.09. The molecule has 6 nitrogen and oxygen atoms in total. The number of aryl methyl sites for hydroxylation is 1. The number of hydrogen-bond acceptors (Lipinski definition) is 5. The van der Waals surface area contributed by atoms with E-state index in [9.17, 15) is 5.11 Å². The van der Waals surface area contributed by atoms with Crippen molar-refractivity contribution in [3.8, 4) is 0 Å². The first kappa shape index (κ1) is 16.4.